The highest BCUT2D eigenvalue weighted by Crippen LogP contribution is 2.27. The molecule has 0 saturated carbocycles. The molecule has 1 aliphatic heterocycles. The van der Waals surface area contributed by atoms with E-state index in [2.05, 4.69) is 5.32 Å². The molecular formula is C12H16FNOS. The number of halogens is 1. The Morgan fingerprint density at radius 2 is 2.19 bits per heavy atom. The van der Waals surface area contributed by atoms with Crippen LogP contribution >= 0.6 is 11.8 Å². The summed E-state index contributed by atoms with van der Waals surface area (Å²) in [5.74, 6) is 2.55. The topological polar surface area (TPSA) is 32.3 Å². The van der Waals surface area contributed by atoms with Crippen molar-refractivity contribution in [1.29, 1.82) is 0 Å². The lowest BCUT2D eigenvalue weighted by atomic mass is 9.99. The van der Waals surface area contributed by atoms with Gasteiger partial charge in [-0.25, -0.2) is 4.39 Å². The Kier molecular flexibility index (Phi) is 4.07. The number of thioether (sulfide) groups is 1. The molecule has 88 valence electrons. The van der Waals surface area contributed by atoms with Gasteiger partial charge in [0.2, 0.25) is 0 Å². The lowest BCUT2D eigenvalue weighted by Gasteiger charge is -2.23. The van der Waals surface area contributed by atoms with Crippen LogP contribution in [0, 0.1) is 11.7 Å². The van der Waals surface area contributed by atoms with Crippen LogP contribution in [0.5, 0.6) is 0 Å². The van der Waals surface area contributed by atoms with E-state index in [0.717, 1.165) is 17.9 Å². The first kappa shape index (κ1) is 11.7. The summed E-state index contributed by atoms with van der Waals surface area (Å²) >= 11 is 1.93. The molecular weight excluding hydrogens is 225 g/mol. The van der Waals surface area contributed by atoms with Crippen LogP contribution < -0.4 is 5.32 Å². The second-order valence-electron chi connectivity index (χ2n) is 4.06. The molecule has 0 amide bonds. The summed E-state index contributed by atoms with van der Waals surface area (Å²) in [6.45, 7) is 0.128. The van der Waals surface area contributed by atoms with Crippen molar-refractivity contribution in [3.8, 4) is 0 Å². The lowest BCUT2D eigenvalue weighted by Crippen LogP contribution is -2.32. The monoisotopic (exact) mass is 241 g/mol. The smallest absolute Gasteiger partial charge is 0.123 e. The van der Waals surface area contributed by atoms with Crippen LogP contribution in [-0.4, -0.2) is 29.3 Å². The second kappa shape index (κ2) is 5.55. The summed E-state index contributed by atoms with van der Waals surface area (Å²) in [7, 11) is 0. The Bertz CT molecular complexity index is 324. The van der Waals surface area contributed by atoms with Gasteiger partial charge in [-0.3, -0.25) is 0 Å². The average Bonchev–Trinajstić information content (AvgIpc) is 2.82. The van der Waals surface area contributed by atoms with Gasteiger partial charge in [0.15, 0.2) is 0 Å². The van der Waals surface area contributed by atoms with Gasteiger partial charge < -0.3 is 10.4 Å². The standard InChI is InChI=1S/C12H16FNOS/c13-10-1-3-11(4-2-10)14-12(7-15)9-5-6-16-8-9/h1-4,9,12,14-15H,5-8H2. The minimum absolute atomic E-state index is 0.0838. The summed E-state index contributed by atoms with van der Waals surface area (Å²) in [5.41, 5.74) is 0.873. The Morgan fingerprint density at radius 1 is 1.44 bits per heavy atom. The highest BCUT2D eigenvalue weighted by Gasteiger charge is 2.24. The summed E-state index contributed by atoms with van der Waals surface area (Å²) in [5, 5.41) is 12.6. The van der Waals surface area contributed by atoms with Crippen LogP contribution in [-0.2, 0) is 0 Å². The maximum absolute atomic E-state index is 12.7. The fourth-order valence-corrected chi connectivity index (χ4v) is 3.28. The van der Waals surface area contributed by atoms with Crippen LogP contribution in [0.4, 0.5) is 10.1 Å². The highest BCUT2D eigenvalue weighted by molar-refractivity contribution is 7.99. The molecule has 0 spiro atoms. The lowest BCUT2D eigenvalue weighted by molar-refractivity contribution is 0.245. The van der Waals surface area contributed by atoms with Gasteiger partial charge in [0, 0.05) is 5.69 Å². The SMILES string of the molecule is OCC(Nc1ccc(F)cc1)C1CCSC1. The van der Waals surface area contributed by atoms with Crippen LogP contribution in [0.15, 0.2) is 24.3 Å². The van der Waals surface area contributed by atoms with E-state index in [0.29, 0.717) is 5.92 Å². The van der Waals surface area contributed by atoms with Crippen molar-refractivity contribution in [3.05, 3.63) is 30.1 Å². The third kappa shape index (κ3) is 2.89. The summed E-state index contributed by atoms with van der Waals surface area (Å²) in [6.07, 6.45) is 1.14. The molecule has 2 nitrogen and oxygen atoms in total. The molecule has 2 unspecified atom stereocenters. The zero-order valence-corrected chi connectivity index (χ0v) is 9.84. The number of rotatable bonds is 4. The van der Waals surface area contributed by atoms with Gasteiger partial charge in [-0.05, 0) is 48.1 Å². The van der Waals surface area contributed by atoms with E-state index in [1.165, 1.54) is 17.9 Å². The van der Waals surface area contributed by atoms with E-state index in [1.54, 1.807) is 12.1 Å². The maximum atomic E-state index is 12.7. The number of hydrogen-bond donors (Lipinski definition) is 2. The van der Waals surface area contributed by atoms with Gasteiger partial charge in [-0.2, -0.15) is 11.8 Å². The summed E-state index contributed by atoms with van der Waals surface area (Å²) in [4.78, 5) is 0. The zero-order chi connectivity index (χ0) is 11.4. The molecule has 1 aliphatic rings. The van der Waals surface area contributed by atoms with Crippen molar-refractivity contribution in [2.24, 2.45) is 5.92 Å². The zero-order valence-electron chi connectivity index (χ0n) is 9.03. The first-order valence-corrected chi connectivity index (χ1v) is 6.66. The first-order chi connectivity index (χ1) is 7.79. The van der Waals surface area contributed by atoms with Crippen molar-refractivity contribution in [3.63, 3.8) is 0 Å². The molecule has 2 N–H and O–H groups in total. The highest BCUT2D eigenvalue weighted by atomic mass is 32.2. The normalized spacial score (nSPS) is 22.0. The minimum atomic E-state index is -0.234. The largest absolute Gasteiger partial charge is 0.394 e. The van der Waals surface area contributed by atoms with E-state index in [4.69, 9.17) is 0 Å². The van der Waals surface area contributed by atoms with Crippen LogP contribution in [0.2, 0.25) is 0 Å². The second-order valence-corrected chi connectivity index (χ2v) is 5.21. The molecule has 16 heavy (non-hydrogen) atoms. The van der Waals surface area contributed by atoms with Gasteiger partial charge in [0.25, 0.3) is 0 Å². The molecule has 0 aromatic heterocycles. The Morgan fingerprint density at radius 3 is 2.75 bits per heavy atom. The summed E-state index contributed by atoms with van der Waals surface area (Å²) in [6, 6.07) is 6.36. The van der Waals surface area contributed by atoms with Gasteiger partial charge in [-0.1, -0.05) is 0 Å². The van der Waals surface area contributed by atoms with E-state index >= 15 is 0 Å². The number of nitrogens with one attached hydrogen (secondary N) is 1. The fourth-order valence-electron chi connectivity index (χ4n) is 1.94. The third-order valence-electron chi connectivity index (χ3n) is 2.93. The molecule has 0 bridgehead atoms. The predicted octanol–water partition coefficient (Wildman–Crippen LogP) is 2.35. The number of anilines is 1. The Hall–Kier alpha value is -0.740. The van der Waals surface area contributed by atoms with Crippen molar-refractivity contribution >= 4 is 17.4 Å². The van der Waals surface area contributed by atoms with E-state index in [9.17, 15) is 9.50 Å². The van der Waals surface area contributed by atoms with Crippen LogP contribution in [0.3, 0.4) is 0 Å². The van der Waals surface area contributed by atoms with Crippen molar-refractivity contribution in [2.75, 3.05) is 23.4 Å². The fraction of sp³-hybridized carbons (Fsp3) is 0.500. The molecule has 4 heteroatoms. The van der Waals surface area contributed by atoms with Crippen molar-refractivity contribution in [1.82, 2.24) is 0 Å². The molecule has 1 aromatic carbocycles. The Labute approximate surface area is 99.2 Å². The quantitative estimate of drug-likeness (QED) is 0.848. The summed E-state index contributed by atoms with van der Waals surface area (Å²) < 4.78 is 12.7. The maximum Gasteiger partial charge on any atom is 0.123 e. The van der Waals surface area contributed by atoms with Crippen molar-refractivity contribution < 1.29 is 9.50 Å². The number of aliphatic hydroxyl groups is 1. The number of aliphatic hydroxyl groups excluding tert-OH is 1. The van der Waals surface area contributed by atoms with Gasteiger partial charge >= 0.3 is 0 Å². The minimum Gasteiger partial charge on any atom is -0.394 e. The number of hydrogen-bond acceptors (Lipinski definition) is 3. The van der Waals surface area contributed by atoms with Gasteiger partial charge in [0.05, 0.1) is 12.6 Å². The number of benzene rings is 1. The van der Waals surface area contributed by atoms with Gasteiger partial charge in [-0.15, -0.1) is 0 Å². The van der Waals surface area contributed by atoms with Crippen LogP contribution in [0.1, 0.15) is 6.42 Å². The average molecular weight is 241 g/mol. The molecule has 1 saturated heterocycles. The molecule has 0 radical (unpaired) electrons. The molecule has 0 aliphatic carbocycles. The predicted molar refractivity (Wildman–Crippen MR) is 66.3 cm³/mol. The molecule has 2 rings (SSSR count). The Balaban J connectivity index is 1.97. The van der Waals surface area contributed by atoms with E-state index < -0.39 is 0 Å². The first-order valence-electron chi connectivity index (χ1n) is 5.50. The molecule has 2 atom stereocenters. The van der Waals surface area contributed by atoms with E-state index in [1.807, 2.05) is 11.8 Å². The van der Waals surface area contributed by atoms with Crippen molar-refractivity contribution in [2.45, 2.75) is 12.5 Å². The van der Waals surface area contributed by atoms with Gasteiger partial charge in [0.1, 0.15) is 5.82 Å². The van der Waals surface area contributed by atoms with Crippen LogP contribution in [0.25, 0.3) is 0 Å². The molecule has 1 fully saturated rings. The van der Waals surface area contributed by atoms with E-state index in [-0.39, 0.29) is 18.5 Å². The third-order valence-corrected chi connectivity index (χ3v) is 4.12. The molecule has 1 aromatic rings. The molecule has 1 heterocycles.